The van der Waals surface area contributed by atoms with E-state index in [-0.39, 0.29) is 17.4 Å². The fraction of sp³-hybridized carbons (Fsp3) is 0.200. The molecule has 0 saturated heterocycles. The molecule has 3 aromatic heterocycles. The second-order valence-corrected chi connectivity index (χ2v) is 7.99. The lowest BCUT2D eigenvalue weighted by atomic mass is 10.1. The molecule has 3 N–H and O–H groups in total. The van der Waals surface area contributed by atoms with Crippen molar-refractivity contribution in [2.24, 2.45) is 0 Å². The van der Waals surface area contributed by atoms with Crippen LogP contribution in [0.4, 0.5) is 5.82 Å². The lowest BCUT2D eigenvalue weighted by Crippen LogP contribution is -2.23. The van der Waals surface area contributed by atoms with Gasteiger partial charge in [-0.1, -0.05) is 42.1 Å². The van der Waals surface area contributed by atoms with E-state index in [2.05, 4.69) is 27.0 Å². The minimum atomic E-state index is -0.104. The lowest BCUT2D eigenvalue weighted by molar-refractivity contribution is 0.434. The SMILES string of the molecule is C=Cc1cc(-c2cnc(N)c(-c3cc(-c4ccc(CNC)cc4)no3)n2)cn(C(C)C)c1=O. The minimum absolute atomic E-state index is 0.0197. The van der Waals surface area contributed by atoms with Crippen LogP contribution in [-0.2, 0) is 6.54 Å². The summed E-state index contributed by atoms with van der Waals surface area (Å²) in [7, 11) is 1.91. The predicted octanol–water partition coefficient (Wildman–Crippen LogP) is 4.15. The van der Waals surface area contributed by atoms with Crippen molar-refractivity contribution in [3.05, 3.63) is 76.9 Å². The maximum atomic E-state index is 12.6. The Labute approximate surface area is 191 Å². The molecule has 0 saturated carbocycles. The molecule has 0 aliphatic carbocycles. The Bertz CT molecular complexity index is 1350. The molecule has 4 aromatic rings. The van der Waals surface area contributed by atoms with E-state index in [1.54, 1.807) is 35.2 Å². The first kappa shape index (κ1) is 22.2. The highest BCUT2D eigenvalue weighted by Crippen LogP contribution is 2.30. The van der Waals surface area contributed by atoms with Gasteiger partial charge in [-0.3, -0.25) is 4.79 Å². The summed E-state index contributed by atoms with van der Waals surface area (Å²) in [6.07, 6.45) is 4.89. The summed E-state index contributed by atoms with van der Waals surface area (Å²) >= 11 is 0. The summed E-state index contributed by atoms with van der Waals surface area (Å²) in [5, 5.41) is 7.31. The molecule has 8 nitrogen and oxygen atoms in total. The summed E-state index contributed by atoms with van der Waals surface area (Å²) in [6, 6.07) is 11.6. The summed E-state index contributed by atoms with van der Waals surface area (Å²) in [5.74, 6) is 0.643. The van der Waals surface area contributed by atoms with Crippen LogP contribution in [0.3, 0.4) is 0 Å². The van der Waals surface area contributed by atoms with E-state index in [0.29, 0.717) is 28.4 Å². The molecule has 8 heteroatoms. The second-order valence-electron chi connectivity index (χ2n) is 7.99. The van der Waals surface area contributed by atoms with Gasteiger partial charge in [0.25, 0.3) is 5.56 Å². The van der Waals surface area contributed by atoms with Gasteiger partial charge in [-0.2, -0.15) is 0 Å². The smallest absolute Gasteiger partial charge is 0.258 e. The number of anilines is 1. The Morgan fingerprint density at radius 1 is 1.18 bits per heavy atom. The van der Waals surface area contributed by atoms with Gasteiger partial charge in [-0.15, -0.1) is 0 Å². The molecule has 0 aliphatic rings. The maximum Gasteiger partial charge on any atom is 0.258 e. The molecular weight excluding hydrogens is 416 g/mol. The van der Waals surface area contributed by atoms with Crippen LogP contribution in [0.15, 0.2) is 64.7 Å². The van der Waals surface area contributed by atoms with Crippen molar-refractivity contribution in [2.45, 2.75) is 26.4 Å². The van der Waals surface area contributed by atoms with E-state index >= 15 is 0 Å². The summed E-state index contributed by atoms with van der Waals surface area (Å²) < 4.78 is 7.21. The third-order valence-corrected chi connectivity index (χ3v) is 5.32. The van der Waals surface area contributed by atoms with Crippen molar-refractivity contribution in [1.82, 2.24) is 25.0 Å². The first-order chi connectivity index (χ1) is 15.9. The molecule has 0 bridgehead atoms. The highest BCUT2D eigenvalue weighted by molar-refractivity contribution is 5.73. The number of nitrogens with zero attached hydrogens (tertiary/aromatic N) is 4. The standard InChI is InChI=1S/C25H26N6O2/c1-5-17-10-19(14-31(15(2)3)25(17)32)21-13-28-24(26)23(29-21)22-11-20(30-33-22)18-8-6-16(7-9-18)12-27-4/h5-11,13-15,27H,1,12H2,2-4H3,(H2,26,28). The zero-order chi connectivity index (χ0) is 23.5. The number of nitrogens with one attached hydrogen (secondary N) is 1. The zero-order valence-corrected chi connectivity index (χ0v) is 18.9. The Kier molecular flexibility index (Phi) is 6.19. The van der Waals surface area contributed by atoms with Crippen LogP contribution in [0.1, 0.15) is 31.0 Å². The largest absolute Gasteiger partial charge is 0.382 e. The van der Waals surface area contributed by atoms with E-state index in [1.807, 2.05) is 45.2 Å². The number of benzene rings is 1. The summed E-state index contributed by atoms with van der Waals surface area (Å²) in [5.41, 5.74) is 11.0. The van der Waals surface area contributed by atoms with Gasteiger partial charge in [0.1, 0.15) is 5.69 Å². The predicted molar refractivity (Wildman–Crippen MR) is 130 cm³/mol. The number of nitrogen functional groups attached to an aromatic ring is 1. The monoisotopic (exact) mass is 442 g/mol. The van der Waals surface area contributed by atoms with Gasteiger partial charge >= 0.3 is 0 Å². The highest BCUT2D eigenvalue weighted by Gasteiger charge is 2.17. The van der Waals surface area contributed by atoms with Crippen molar-refractivity contribution in [3.63, 3.8) is 0 Å². The molecule has 0 unspecified atom stereocenters. The van der Waals surface area contributed by atoms with Crippen LogP contribution in [0.2, 0.25) is 0 Å². The molecule has 33 heavy (non-hydrogen) atoms. The second kappa shape index (κ2) is 9.22. The van der Waals surface area contributed by atoms with Crippen molar-refractivity contribution in [2.75, 3.05) is 12.8 Å². The molecule has 1 aromatic carbocycles. The van der Waals surface area contributed by atoms with Crippen molar-refractivity contribution < 1.29 is 4.52 Å². The Morgan fingerprint density at radius 3 is 2.61 bits per heavy atom. The van der Waals surface area contributed by atoms with Crippen LogP contribution in [0, 0.1) is 0 Å². The number of hydrogen-bond acceptors (Lipinski definition) is 7. The molecule has 3 heterocycles. The van der Waals surface area contributed by atoms with Crippen molar-refractivity contribution in [1.29, 1.82) is 0 Å². The first-order valence-electron chi connectivity index (χ1n) is 10.6. The quantitative estimate of drug-likeness (QED) is 0.442. The number of pyridine rings is 1. The molecule has 0 amide bonds. The van der Waals surface area contributed by atoms with Crippen molar-refractivity contribution >= 4 is 11.9 Å². The minimum Gasteiger partial charge on any atom is -0.382 e. The average molecular weight is 443 g/mol. The molecule has 0 spiro atoms. The third-order valence-electron chi connectivity index (χ3n) is 5.32. The summed E-state index contributed by atoms with van der Waals surface area (Å²) in [4.78, 5) is 21.6. The molecule has 168 valence electrons. The molecule has 4 rings (SSSR count). The van der Waals surface area contributed by atoms with E-state index in [4.69, 9.17) is 10.3 Å². The molecule has 0 aliphatic heterocycles. The highest BCUT2D eigenvalue weighted by atomic mass is 16.5. The molecule has 0 atom stereocenters. The van der Waals surface area contributed by atoms with Crippen LogP contribution in [0.5, 0.6) is 0 Å². The van der Waals surface area contributed by atoms with Gasteiger partial charge in [0.05, 0.1) is 11.9 Å². The van der Waals surface area contributed by atoms with Gasteiger partial charge < -0.3 is 20.1 Å². The number of aromatic nitrogens is 4. The fourth-order valence-electron chi connectivity index (χ4n) is 3.53. The van der Waals surface area contributed by atoms with E-state index in [0.717, 1.165) is 17.7 Å². The number of rotatable bonds is 7. The Morgan fingerprint density at radius 2 is 1.94 bits per heavy atom. The van der Waals surface area contributed by atoms with Crippen molar-refractivity contribution in [3.8, 4) is 34.0 Å². The topological polar surface area (TPSA) is 112 Å². The van der Waals surface area contributed by atoms with Crippen LogP contribution in [-0.4, -0.2) is 26.7 Å². The Balaban J connectivity index is 1.73. The van der Waals surface area contributed by atoms with Gasteiger partial charge in [0.2, 0.25) is 0 Å². The van der Waals surface area contributed by atoms with Crippen LogP contribution >= 0.6 is 0 Å². The lowest BCUT2D eigenvalue weighted by Gasteiger charge is -2.13. The normalized spacial score (nSPS) is 11.2. The molecule has 0 radical (unpaired) electrons. The van der Waals surface area contributed by atoms with E-state index in [9.17, 15) is 4.79 Å². The van der Waals surface area contributed by atoms with Gasteiger partial charge in [-0.25, -0.2) is 9.97 Å². The van der Waals surface area contributed by atoms with Crippen LogP contribution in [0.25, 0.3) is 40.0 Å². The Hall–Kier alpha value is -4.04. The first-order valence-corrected chi connectivity index (χ1v) is 10.6. The maximum absolute atomic E-state index is 12.6. The van der Waals surface area contributed by atoms with E-state index < -0.39 is 0 Å². The van der Waals surface area contributed by atoms with Gasteiger partial charge in [-0.05, 0) is 32.5 Å². The fourth-order valence-corrected chi connectivity index (χ4v) is 3.53. The number of hydrogen-bond donors (Lipinski definition) is 2. The van der Waals surface area contributed by atoms with Crippen LogP contribution < -0.4 is 16.6 Å². The third kappa shape index (κ3) is 4.47. The number of nitrogens with two attached hydrogens (primary N) is 1. The average Bonchev–Trinajstić information content (AvgIpc) is 3.30. The van der Waals surface area contributed by atoms with Gasteiger partial charge in [0, 0.05) is 41.5 Å². The molecule has 0 fully saturated rings. The molecular formula is C25H26N6O2. The summed E-state index contributed by atoms with van der Waals surface area (Å²) in [6.45, 7) is 8.44. The van der Waals surface area contributed by atoms with E-state index in [1.165, 1.54) is 5.56 Å². The van der Waals surface area contributed by atoms with Gasteiger partial charge in [0.15, 0.2) is 17.3 Å². The zero-order valence-electron chi connectivity index (χ0n) is 18.9.